The Hall–Kier alpha value is -1.86. The van der Waals surface area contributed by atoms with E-state index in [9.17, 15) is 0 Å². The third kappa shape index (κ3) is 7.70. The van der Waals surface area contributed by atoms with Crippen molar-refractivity contribution in [2.75, 3.05) is 13.1 Å². The second kappa shape index (κ2) is 12.5. The predicted octanol–water partition coefficient (Wildman–Crippen LogP) is 0.171. The molecule has 0 fully saturated rings. The maximum absolute atomic E-state index is 4.31. The van der Waals surface area contributed by atoms with E-state index in [1.54, 1.807) is 12.4 Å². The molecule has 2 N–H and O–H groups in total. The Balaban J connectivity index is 0.000000462. The Bertz CT molecular complexity index is 720. The summed E-state index contributed by atoms with van der Waals surface area (Å²) in [6.07, 6.45) is 15.8. The van der Waals surface area contributed by atoms with Gasteiger partial charge in [-0.25, -0.2) is 6.08 Å². The molecule has 0 aliphatic heterocycles. The van der Waals surface area contributed by atoms with Crippen LogP contribution in [0.3, 0.4) is 0 Å². The number of aromatic nitrogens is 2. The van der Waals surface area contributed by atoms with Gasteiger partial charge in [-0.2, -0.15) is 12.2 Å². The van der Waals surface area contributed by atoms with Crippen LogP contribution in [0.25, 0.3) is 11.0 Å². The van der Waals surface area contributed by atoms with Crippen molar-refractivity contribution in [2.24, 2.45) is 0 Å². The Kier molecular flexibility index (Phi) is 10.6. The van der Waals surface area contributed by atoms with Gasteiger partial charge in [-0.05, 0) is 24.1 Å². The molecule has 25 heavy (non-hydrogen) atoms. The zero-order valence-electron chi connectivity index (χ0n) is 14.8. The number of rotatable bonds is 5. The summed E-state index contributed by atoms with van der Waals surface area (Å²) in [6.45, 7) is 9.37. The minimum Gasteiger partial charge on any atom is -0.414 e. The Morgan fingerprint density at radius 3 is 2.56 bits per heavy atom. The number of fused-ring (bicyclic) bond motifs is 1. The third-order valence-electron chi connectivity index (χ3n) is 3.28. The minimum atomic E-state index is 0. The second-order valence-corrected chi connectivity index (χ2v) is 5.08. The molecule has 0 atom stereocenters. The van der Waals surface area contributed by atoms with E-state index in [0.717, 1.165) is 42.8 Å². The Morgan fingerprint density at radius 1 is 1.08 bits per heavy atom. The van der Waals surface area contributed by atoms with Gasteiger partial charge in [-0.15, -0.1) is 24.9 Å². The van der Waals surface area contributed by atoms with Gasteiger partial charge in [0.05, 0.1) is 11.0 Å². The van der Waals surface area contributed by atoms with Crippen molar-refractivity contribution in [1.29, 1.82) is 0 Å². The van der Waals surface area contributed by atoms with Crippen molar-refractivity contribution in [2.45, 2.75) is 13.0 Å². The van der Waals surface area contributed by atoms with Gasteiger partial charge in [-0.1, -0.05) is 12.1 Å². The van der Waals surface area contributed by atoms with Gasteiger partial charge in [0.1, 0.15) is 0 Å². The van der Waals surface area contributed by atoms with E-state index < -0.39 is 0 Å². The van der Waals surface area contributed by atoms with Crippen LogP contribution in [0.4, 0.5) is 0 Å². The second-order valence-electron chi connectivity index (χ2n) is 5.08. The molecule has 1 aliphatic rings. The summed E-state index contributed by atoms with van der Waals surface area (Å²) in [5, 5.41) is 6.25. The molecule has 2 aromatic rings. The first-order valence-electron chi connectivity index (χ1n) is 8.01. The quantitative estimate of drug-likeness (QED) is 0.608. The van der Waals surface area contributed by atoms with Crippen molar-refractivity contribution in [3.8, 4) is 0 Å². The molecule has 0 saturated heterocycles. The molecule has 126 valence electrons. The summed E-state index contributed by atoms with van der Waals surface area (Å²) < 4.78 is 0. The summed E-state index contributed by atoms with van der Waals surface area (Å²) >= 11 is 0. The summed E-state index contributed by atoms with van der Waals surface area (Å²) in [4.78, 5) is 8.58. The van der Waals surface area contributed by atoms with Crippen molar-refractivity contribution in [1.82, 2.24) is 20.6 Å². The van der Waals surface area contributed by atoms with Crippen LogP contribution in [0.15, 0.2) is 60.6 Å². The molecule has 4 nitrogen and oxygen atoms in total. The van der Waals surface area contributed by atoms with Crippen LogP contribution >= 0.6 is 0 Å². The number of allylic oxidation sites excluding steroid dienone is 5. The Morgan fingerprint density at radius 2 is 1.84 bits per heavy atom. The molecule has 0 radical (unpaired) electrons. The molecule has 1 aliphatic carbocycles. The number of benzene rings is 1. The number of nitrogens with zero attached hydrogens (tertiary/aromatic N) is 2. The molecule has 0 unspecified atom stereocenters. The van der Waals surface area contributed by atoms with Gasteiger partial charge in [-0.3, -0.25) is 9.97 Å². The largest absolute Gasteiger partial charge is 1.00 e. The fourth-order valence-electron chi connectivity index (χ4n) is 2.08. The first-order chi connectivity index (χ1) is 11.8. The molecule has 1 heterocycles. The molecule has 0 amide bonds. The molecular formula is C20H23LiN4-2. The van der Waals surface area contributed by atoms with Crippen LogP contribution in [-0.4, -0.2) is 23.1 Å². The fraction of sp³-hybridized carbons (Fsp3) is 0.200. The standard InChI is InChI=1S/C16H14N3.C4H9N.Li/c1-2-4-6-14(5-3-1)19-12-13-7-8-15-16(11-13)18-10-9-17-15;1-3-5-4-2;/h1,3-5,7-11,19H,2,12H2;5H,1-4H2;/q-1;-2;+1. The summed E-state index contributed by atoms with van der Waals surface area (Å²) in [5.74, 6) is 0. The van der Waals surface area contributed by atoms with Gasteiger partial charge in [0, 0.05) is 18.9 Å². The van der Waals surface area contributed by atoms with Gasteiger partial charge in [0.25, 0.3) is 0 Å². The van der Waals surface area contributed by atoms with Crippen LogP contribution in [0, 0.1) is 19.9 Å². The molecular weight excluding hydrogens is 303 g/mol. The van der Waals surface area contributed by atoms with Crippen molar-refractivity contribution in [3.05, 3.63) is 86.1 Å². The van der Waals surface area contributed by atoms with Crippen LogP contribution in [0.2, 0.25) is 0 Å². The van der Waals surface area contributed by atoms with Gasteiger partial charge < -0.3 is 24.5 Å². The first-order valence-corrected chi connectivity index (χ1v) is 8.01. The predicted molar refractivity (Wildman–Crippen MR) is 99.6 cm³/mol. The van der Waals surface area contributed by atoms with E-state index in [4.69, 9.17) is 0 Å². The smallest absolute Gasteiger partial charge is 0.414 e. The SMILES string of the molecule is [C-]1=CCC=CC=C1NCc1ccc2nccnc2c1.[CH2-]CNC[CH2-].[Li+]. The van der Waals surface area contributed by atoms with E-state index in [1.165, 1.54) is 5.56 Å². The topological polar surface area (TPSA) is 49.8 Å². The first kappa shape index (κ1) is 21.2. The van der Waals surface area contributed by atoms with Crippen molar-refractivity contribution >= 4 is 11.0 Å². The molecule has 3 rings (SSSR count). The maximum Gasteiger partial charge on any atom is 1.00 e. The fourth-order valence-corrected chi connectivity index (χ4v) is 2.08. The number of nitrogens with one attached hydrogen (secondary N) is 2. The van der Waals surface area contributed by atoms with Crippen LogP contribution in [-0.2, 0) is 6.54 Å². The average Bonchev–Trinajstić information content (AvgIpc) is 2.90. The molecule has 1 aromatic carbocycles. The zero-order valence-corrected chi connectivity index (χ0v) is 14.8. The van der Waals surface area contributed by atoms with E-state index in [1.807, 2.05) is 24.3 Å². The third-order valence-corrected chi connectivity index (χ3v) is 3.28. The van der Waals surface area contributed by atoms with E-state index in [0.29, 0.717) is 0 Å². The molecule has 1 aromatic heterocycles. The summed E-state index contributed by atoms with van der Waals surface area (Å²) in [6, 6.07) is 6.13. The zero-order chi connectivity index (χ0) is 17.0. The van der Waals surface area contributed by atoms with E-state index in [2.05, 4.69) is 58.7 Å². The van der Waals surface area contributed by atoms with Crippen LogP contribution in [0.1, 0.15) is 12.0 Å². The Labute approximate surface area is 162 Å². The molecule has 0 bridgehead atoms. The van der Waals surface area contributed by atoms with Crippen LogP contribution < -0.4 is 29.5 Å². The average molecular weight is 326 g/mol. The van der Waals surface area contributed by atoms with Crippen molar-refractivity contribution < 1.29 is 18.9 Å². The van der Waals surface area contributed by atoms with E-state index in [-0.39, 0.29) is 18.9 Å². The molecule has 0 spiro atoms. The summed E-state index contributed by atoms with van der Waals surface area (Å²) in [7, 11) is 0. The molecule has 5 heteroatoms. The maximum atomic E-state index is 4.31. The monoisotopic (exact) mass is 326 g/mol. The van der Waals surface area contributed by atoms with Crippen LogP contribution in [0.5, 0.6) is 0 Å². The van der Waals surface area contributed by atoms with Crippen molar-refractivity contribution in [3.63, 3.8) is 0 Å². The minimum absolute atomic E-state index is 0. The van der Waals surface area contributed by atoms with Gasteiger partial charge in [0.2, 0.25) is 0 Å². The van der Waals surface area contributed by atoms with Gasteiger partial charge in [0.15, 0.2) is 0 Å². The van der Waals surface area contributed by atoms with Gasteiger partial charge >= 0.3 is 18.9 Å². The van der Waals surface area contributed by atoms with E-state index >= 15 is 0 Å². The number of hydrogen-bond acceptors (Lipinski definition) is 4. The number of hydrogen-bond donors (Lipinski definition) is 2. The molecule has 0 saturated carbocycles. The summed E-state index contributed by atoms with van der Waals surface area (Å²) in [5.41, 5.74) is 4.04. The normalized spacial score (nSPS) is 12.5.